The molecule has 2 aliphatic heterocycles. The zero-order chi connectivity index (χ0) is 11.5. The summed E-state index contributed by atoms with van der Waals surface area (Å²) in [5, 5.41) is 0. The third-order valence-corrected chi connectivity index (χ3v) is 4.44. The molecule has 0 N–H and O–H groups in total. The smallest absolute Gasteiger partial charge is 0.232 e. The van der Waals surface area contributed by atoms with E-state index in [1.54, 1.807) is 11.8 Å². The molecule has 0 aromatic carbocycles. The highest BCUT2D eigenvalue weighted by atomic mass is 32.2. The van der Waals surface area contributed by atoms with E-state index in [0.29, 0.717) is 23.7 Å². The molecule has 2 rings (SSSR count). The van der Waals surface area contributed by atoms with Crippen LogP contribution in [0.4, 0.5) is 0 Å². The van der Waals surface area contributed by atoms with Gasteiger partial charge in [0, 0.05) is 18.6 Å². The Labute approximate surface area is 103 Å². The summed E-state index contributed by atoms with van der Waals surface area (Å²) in [5.41, 5.74) is 0. The number of hydrogen-bond donors (Lipinski definition) is 0. The molecule has 0 aromatic heterocycles. The van der Waals surface area contributed by atoms with E-state index in [1.807, 2.05) is 6.26 Å². The molecule has 0 aromatic rings. The molecular formula is C12H22N2OS. The number of nitrogens with zero attached hydrogens (tertiary/aromatic N) is 2. The lowest BCUT2D eigenvalue weighted by Gasteiger charge is -2.33. The summed E-state index contributed by atoms with van der Waals surface area (Å²) in [5.74, 6) is 0.989. The standard InChI is InChI=1S/C12H22N2OS/c1-13-7-3-5-10(13)11-6-4-8-14(11)12(15)9-16-2/h10-11H,3-9H2,1-2H3/t10-,11+/m1/s1. The Morgan fingerprint density at radius 3 is 2.56 bits per heavy atom. The van der Waals surface area contributed by atoms with E-state index in [4.69, 9.17) is 0 Å². The van der Waals surface area contributed by atoms with Crippen LogP contribution in [0, 0.1) is 0 Å². The molecule has 2 heterocycles. The van der Waals surface area contributed by atoms with Crippen LogP contribution >= 0.6 is 11.8 Å². The van der Waals surface area contributed by atoms with Crippen molar-refractivity contribution < 1.29 is 4.79 Å². The average Bonchev–Trinajstić information content (AvgIpc) is 2.85. The van der Waals surface area contributed by atoms with Crippen molar-refractivity contribution >= 4 is 17.7 Å². The molecule has 2 fully saturated rings. The van der Waals surface area contributed by atoms with Crippen molar-refractivity contribution in [3.63, 3.8) is 0 Å². The number of likely N-dealkylation sites (tertiary alicyclic amines) is 2. The zero-order valence-electron chi connectivity index (χ0n) is 10.3. The van der Waals surface area contributed by atoms with Gasteiger partial charge in [0.25, 0.3) is 0 Å². The minimum absolute atomic E-state index is 0.343. The van der Waals surface area contributed by atoms with Gasteiger partial charge < -0.3 is 9.80 Å². The average molecular weight is 242 g/mol. The van der Waals surface area contributed by atoms with Crippen molar-refractivity contribution in [3.8, 4) is 0 Å². The molecule has 0 radical (unpaired) electrons. The fourth-order valence-corrected chi connectivity index (χ4v) is 3.54. The van der Waals surface area contributed by atoms with Crippen molar-refractivity contribution in [1.29, 1.82) is 0 Å². The second-order valence-corrected chi connectivity index (χ2v) is 5.79. The van der Waals surface area contributed by atoms with Crippen LogP contribution in [0.1, 0.15) is 25.7 Å². The van der Waals surface area contributed by atoms with Crippen LogP contribution in [0.15, 0.2) is 0 Å². The monoisotopic (exact) mass is 242 g/mol. The Bertz CT molecular complexity index is 259. The third-order valence-electron chi connectivity index (χ3n) is 3.91. The molecule has 0 saturated carbocycles. The van der Waals surface area contributed by atoms with Gasteiger partial charge in [0.1, 0.15) is 0 Å². The molecule has 92 valence electrons. The Hall–Kier alpha value is -0.220. The summed E-state index contributed by atoms with van der Waals surface area (Å²) >= 11 is 1.64. The summed E-state index contributed by atoms with van der Waals surface area (Å²) in [7, 11) is 2.20. The minimum Gasteiger partial charge on any atom is -0.337 e. The molecule has 16 heavy (non-hydrogen) atoms. The predicted molar refractivity (Wildman–Crippen MR) is 68.8 cm³/mol. The zero-order valence-corrected chi connectivity index (χ0v) is 11.1. The van der Waals surface area contributed by atoms with Gasteiger partial charge in [-0.25, -0.2) is 0 Å². The number of carbonyl (C=O) groups is 1. The fourth-order valence-electron chi connectivity index (χ4n) is 3.13. The lowest BCUT2D eigenvalue weighted by molar-refractivity contribution is -0.130. The number of amides is 1. The first-order valence-electron chi connectivity index (χ1n) is 6.22. The maximum Gasteiger partial charge on any atom is 0.232 e. The van der Waals surface area contributed by atoms with Crippen LogP contribution in [-0.4, -0.2) is 59.9 Å². The van der Waals surface area contributed by atoms with E-state index in [-0.39, 0.29) is 0 Å². The molecule has 0 aliphatic carbocycles. The first kappa shape index (κ1) is 12.2. The molecule has 0 spiro atoms. The Kier molecular flexibility index (Phi) is 4.14. The quantitative estimate of drug-likeness (QED) is 0.748. The number of likely N-dealkylation sites (N-methyl/N-ethyl adjacent to an activating group) is 1. The van der Waals surface area contributed by atoms with Crippen molar-refractivity contribution in [3.05, 3.63) is 0 Å². The minimum atomic E-state index is 0.343. The van der Waals surface area contributed by atoms with Crippen molar-refractivity contribution in [2.45, 2.75) is 37.8 Å². The van der Waals surface area contributed by atoms with E-state index in [0.717, 1.165) is 6.54 Å². The summed E-state index contributed by atoms with van der Waals surface area (Å²) in [6.45, 7) is 2.18. The summed E-state index contributed by atoms with van der Waals surface area (Å²) in [4.78, 5) is 16.6. The van der Waals surface area contributed by atoms with Gasteiger partial charge in [-0.1, -0.05) is 0 Å². The van der Waals surface area contributed by atoms with Crippen molar-refractivity contribution in [2.24, 2.45) is 0 Å². The van der Waals surface area contributed by atoms with Crippen LogP contribution in [0.2, 0.25) is 0 Å². The predicted octanol–water partition coefficient (Wildman–Crippen LogP) is 1.43. The molecular weight excluding hydrogens is 220 g/mol. The van der Waals surface area contributed by atoms with Gasteiger partial charge in [0.05, 0.1) is 5.75 Å². The topological polar surface area (TPSA) is 23.6 Å². The number of hydrogen-bond acceptors (Lipinski definition) is 3. The molecule has 2 atom stereocenters. The van der Waals surface area contributed by atoms with Gasteiger partial charge in [0.2, 0.25) is 5.91 Å². The van der Waals surface area contributed by atoms with Gasteiger partial charge in [-0.05, 0) is 45.5 Å². The maximum atomic E-state index is 12.0. The summed E-state index contributed by atoms with van der Waals surface area (Å²) in [6.07, 6.45) is 6.96. The van der Waals surface area contributed by atoms with Crippen LogP contribution in [0.3, 0.4) is 0 Å². The van der Waals surface area contributed by atoms with E-state index in [9.17, 15) is 4.79 Å². The largest absolute Gasteiger partial charge is 0.337 e. The van der Waals surface area contributed by atoms with Crippen LogP contribution in [0.5, 0.6) is 0 Å². The fraction of sp³-hybridized carbons (Fsp3) is 0.917. The molecule has 2 saturated heterocycles. The summed E-state index contributed by atoms with van der Waals surface area (Å²) < 4.78 is 0. The van der Waals surface area contributed by atoms with Crippen molar-refractivity contribution in [2.75, 3.05) is 32.1 Å². The maximum absolute atomic E-state index is 12.0. The van der Waals surface area contributed by atoms with Crippen LogP contribution in [0.25, 0.3) is 0 Å². The molecule has 2 aliphatic rings. The van der Waals surface area contributed by atoms with E-state index in [1.165, 1.54) is 32.2 Å². The van der Waals surface area contributed by atoms with E-state index < -0.39 is 0 Å². The number of thioether (sulfide) groups is 1. The highest BCUT2D eigenvalue weighted by Crippen LogP contribution is 2.29. The van der Waals surface area contributed by atoms with E-state index in [2.05, 4.69) is 16.8 Å². The Morgan fingerprint density at radius 1 is 1.25 bits per heavy atom. The van der Waals surface area contributed by atoms with Gasteiger partial charge in [0.15, 0.2) is 0 Å². The first-order valence-corrected chi connectivity index (χ1v) is 7.62. The third kappa shape index (κ3) is 2.38. The summed E-state index contributed by atoms with van der Waals surface area (Å²) in [6, 6.07) is 1.11. The highest BCUT2D eigenvalue weighted by molar-refractivity contribution is 7.99. The lowest BCUT2D eigenvalue weighted by Crippen LogP contribution is -2.47. The first-order chi connectivity index (χ1) is 7.74. The van der Waals surface area contributed by atoms with Gasteiger partial charge >= 0.3 is 0 Å². The van der Waals surface area contributed by atoms with Crippen LogP contribution in [-0.2, 0) is 4.79 Å². The van der Waals surface area contributed by atoms with E-state index >= 15 is 0 Å². The van der Waals surface area contributed by atoms with Gasteiger partial charge in [-0.15, -0.1) is 0 Å². The number of rotatable bonds is 3. The second-order valence-electron chi connectivity index (χ2n) is 4.92. The highest BCUT2D eigenvalue weighted by Gasteiger charge is 2.37. The second kappa shape index (κ2) is 5.41. The van der Waals surface area contributed by atoms with Crippen LogP contribution < -0.4 is 0 Å². The molecule has 3 nitrogen and oxygen atoms in total. The lowest BCUT2D eigenvalue weighted by atomic mass is 10.0. The molecule has 0 bridgehead atoms. The molecule has 4 heteroatoms. The van der Waals surface area contributed by atoms with Gasteiger partial charge in [-0.2, -0.15) is 11.8 Å². The Morgan fingerprint density at radius 2 is 1.94 bits per heavy atom. The molecule has 0 unspecified atom stereocenters. The SMILES string of the molecule is CSCC(=O)N1CCC[C@H]1[C@H]1CCCN1C. The van der Waals surface area contributed by atoms with Gasteiger partial charge in [-0.3, -0.25) is 4.79 Å². The number of carbonyl (C=O) groups excluding carboxylic acids is 1. The Balaban J connectivity index is 1.99. The van der Waals surface area contributed by atoms with Crippen molar-refractivity contribution in [1.82, 2.24) is 9.80 Å². The molecule has 1 amide bonds. The normalized spacial score (nSPS) is 31.2.